The van der Waals surface area contributed by atoms with Crippen LogP contribution in [0.5, 0.6) is 5.75 Å². The quantitative estimate of drug-likeness (QED) is 0.849. The predicted octanol–water partition coefficient (Wildman–Crippen LogP) is 5.11. The summed E-state index contributed by atoms with van der Waals surface area (Å²) in [5, 5.41) is 14.3. The Labute approximate surface area is 126 Å². The molecule has 0 atom stereocenters. The second kappa shape index (κ2) is 6.17. The molecule has 1 aromatic heterocycles. The molecule has 1 N–H and O–H groups in total. The Hall–Kier alpha value is -2.03. The van der Waals surface area contributed by atoms with E-state index in [0.29, 0.717) is 5.75 Å². The van der Waals surface area contributed by atoms with Crippen LogP contribution in [0.3, 0.4) is 0 Å². The van der Waals surface area contributed by atoms with Crippen LogP contribution < -0.4 is 0 Å². The molecule has 0 fully saturated rings. The molecule has 0 radical (unpaired) electrons. The van der Waals surface area contributed by atoms with Crippen LogP contribution in [0.2, 0.25) is 0 Å². The van der Waals surface area contributed by atoms with Crippen molar-refractivity contribution in [2.75, 3.05) is 0 Å². The summed E-state index contributed by atoms with van der Waals surface area (Å²) in [6.45, 7) is 10.3. The standard InChI is InChI=1S/C18H23NO2/c1-11(2)16-9-14(10-17(12(3)4)18(16)20)6-7-15-8-13(5)19-21-15/h6-12,20H,1-5H3. The minimum Gasteiger partial charge on any atom is -0.507 e. The van der Waals surface area contributed by atoms with Crippen molar-refractivity contribution in [3.05, 3.63) is 46.3 Å². The zero-order valence-corrected chi connectivity index (χ0v) is 13.3. The molecular formula is C18H23NO2. The molecule has 0 aliphatic heterocycles. The molecule has 3 heteroatoms. The Morgan fingerprint density at radius 1 is 1.00 bits per heavy atom. The average molecular weight is 285 g/mol. The molecule has 0 spiro atoms. The van der Waals surface area contributed by atoms with Gasteiger partial charge in [0, 0.05) is 6.07 Å². The van der Waals surface area contributed by atoms with Crippen LogP contribution >= 0.6 is 0 Å². The maximum Gasteiger partial charge on any atom is 0.159 e. The van der Waals surface area contributed by atoms with E-state index in [2.05, 4.69) is 32.9 Å². The lowest BCUT2D eigenvalue weighted by Gasteiger charge is -2.16. The summed E-state index contributed by atoms with van der Waals surface area (Å²) < 4.78 is 5.18. The van der Waals surface area contributed by atoms with Gasteiger partial charge in [-0.25, -0.2) is 0 Å². The van der Waals surface area contributed by atoms with Gasteiger partial charge in [-0.15, -0.1) is 0 Å². The van der Waals surface area contributed by atoms with Crippen LogP contribution in [0.1, 0.15) is 67.7 Å². The number of rotatable bonds is 4. The Morgan fingerprint density at radius 2 is 1.57 bits per heavy atom. The first-order valence-corrected chi connectivity index (χ1v) is 7.36. The van der Waals surface area contributed by atoms with Crippen molar-refractivity contribution in [1.82, 2.24) is 5.16 Å². The highest BCUT2D eigenvalue weighted by atomic mass is 16.5. The van der Waals surface area contributed by atoms with Gasteiger partial charge >= 0.3 is 0 Å². The van der Waals surface area contributed by atoms with Crippen LogP contribution in [0, 0.1) is 6.92 Å². The fourth-order valence-electron chi connectivity index (χ4n) is 2.32. The molecule has 0 saturated heterocycles. The molecule has 0 aliphatic carbocycles. The first-order chi connectivity index (χ1) is 9.88. The molecule has 1 heterocycles. The van der Waals surface area contributed by atoms with Crippen molar-refractivity contribution in [3.8, 4) is 5.75 Å². The molecular weight excluding hydrogens is 262 g/mol. The Balaban J connectivity index is 2.41. The smallest absolute Gasteiger partial charge is 0.159 e. The van der Waals surface area contributed by atoms with Gasteiger partial charge in [0.25, 0.3) is 0 Å². The van der Waals surface area contributed by atoms with Crippen LogP contribution in [0.4, 0.5) is 0 Å². The van der Waals surface area contributed by atoms with Gasteiger partial charge in [0.1, 0.15) is 5.75 Å². The summed E-state index contributed by atoms with van der Waals surface area (Å²) in [6.07, 6.45) is 3.90. The number of phenols is 1. The summed E-state index contributed by atoms with van der Waals surface area (Å²) in [6, 6.07) is 5.96. The molecule has 0 saturated carbocycles. The van der Waals surface area contributed by atoms with E-state index in [9.17, 15) is 5.11 Å². The highest BCUT2D eigenvalue weighted by molar-refractivity contribution is 5.69. The Kier molecular flexibility index (Phi) is 4.51. The topological polar surface area (TPSA) is 46.3 Å². The van der Waals surface area contributed by atoms with E-state index in [-0.39, 0.29) is 11.8 Å². The van der Waals surface area contributed by atoms with E-state index < -0.39 is 0 Å². The van der Waals surface area contributed by atoms with Gasteiger partial charge in [0.15, 0.2) is 5.76 Å². The maximum atomic E-state index is 10.4. The van der Waals surface area contributed by atoms with Gasteiger partial charge in [0.05, 0.1) is 5.69 Å². The van der Waals surface area contributed by atoms with Gasteiger partial charge in [-0.3, -0.25) is 0 Å². The highest BCUT2D eigenvalue weighted by Crippen LogP contribution is 2.35. The lowest BCUT2D eigenvalue weighted by molar-refractivity contribution is 0.408. The van der Waals surface area contributed by atoms with Crippen LogP contribution in [0.25, 0.3) is 12.2 Å². The van der Waals surface area contributed by atoms with Gasteiger partial charge in [0.2, 0.25) is 0 Å². The normalized spacial score (nSPS) is 12.0. The number of hydrogen-bond acceptors (Lipinski definition) is 3. The minimum absolute atomic E-state index is 0.281. The number of benzene rings is 1. The molecule has 112 valence electrons. The summed E-state index contributed by atoms with van der Waals surface area (Å²) in [5.74, 6) is 1.72. The predicted molar refractivity (Wildman–Crippen MR) is 86.5 cm³/mol. The van der Waals surface area contributed by atoms with Crippen LogP contribution in [-0.4, -0.2) is 10.3 Å². The SMILES string of the molecule is Cc1cc(C=Cc2cc(C(C)C)c(O)c(C(C)C)c2)on1. The van der Waals surface area contributed by atoms with Gasteiger partial charge in [-0.05, 0) is 53.7 Å². The summed E-state index contributed by atoms with van der Waals surface area (Å²) >= 11 is 0. The van der Waals surface area contributed by atoms with E-state index in [1.54, 1.807) is 0 Å². The van der Waals surface area contributed by atoms with Gasteiger partial charge in [-0.1, -0.05) is 38.9 Å². The third kappa shape index (κ3) is 3.54. The number of aromatic nitrogens is 1. The van der Waals surface area contributed by atoms with Crippen LogP contribution in [-0.2, 0) is 0 Å². The molecule has 1 aromatic carbocycles. The van der Waals surface area contributed by atoms with Gasteiger partial charge < -0.3 is 9.63 Å². The fourth-order valence-corrected chi connectivity index (χ4v) is 2.32. The monoisotopic (exact) mass is 285 g/mol. The van der Waals surface area contributed by atoms with E-state index >= 15 is 0 Å². The van der Waals surface area contributed by atoms with E-state index in [1.165, 1.54) is 0 Å². The number of aromatic hydroxyl groups is 1. The molecule has 0 bridgehead atoms. The Morgan fingerprint density at radius 3 is 2.00 bits per heavy atom. The van der Waals surface area contributed by atoms with Gasteiger partial charge in [-0.2, -0.15) is 0 Å². The molecule has 0 amide bonds. The maximum absolute atomic E-state index is 10.4. The van der Waals surface area contributed by atoms with E-state index in [4.69, 9.17) is 4.52 Å². The lowest BCUT2D eigenvalue weighted by atomic mass is 9.91. The molecule has 3 nitrogen and oxygen atoms in total. The number of nitrogens with zero attached hydrogens (tertiary/aromatic N) is 1. The average Bonchev–Trinajstić information content (AvgIpc) is 2.82. The molecule has 2 aromatic rings. The molecule has 2 rings (SSSR count). The summed E-state index contributed by atoms with van der Waals surface area (Å²) in [7, 11) is 0. The molecule has 21 heavy (non-hydrogen) atoms. The van der Waals surface area contributed by atoms with Crippen molar-refractivity contribution in [2.45, 2.75) is 46.5 Å². The minimum atomic E-state index is 0.281. The second-order valence-electron chi connectivity index (χ2n) is 6.06. The largest absolute Gasteiger partial charge is 0.507 e. The van der Waals surface area contributed by atoms with Crippen molar-refractivity contribution in [3.63, 3.8) is 0 Å². The third-order valence-corrected chi connectivity index (χ3v) is 3.52. The lowest BCUT2D eigenvalue weighted by Crippen LogP contribution is -1.96. The van der Waals surface area contributed by atoms with Crippen LogP contribution in [0.15, 0.2) is 22.7 Å². The fraction of sp³-hybridized carbons (Fsp3) is 0.389. The molecule has 0 unspecified atom stereocenters. The van der Waals surface area contributed by atoms with Crippen molar-refractivity contribution >= 4 is 12.2 Å². The second-order valence-corrected chi connectivity index (χ2v) is 6.06. The van der Waals surface area contributed by atoms with Crippen molar-refractivity contribution in [1.29, 1.82) is 0 Å². The number of hydrogen-bond donors (Lipinski definition) is 1. The summed E-state index contributed by atoms with van der Waals surface area (Å²) in [5.41, 5.74) is 3.89. The van der Waals surface area contributed by atoms with Crippen molar-refractivity contribution < 1.29 is 9.63 Å². The molecule has 0 aliphatic rings. The zero-order valence-electron chi connectivity index (χ0n) is 13.3. The first-order valence-electron chi connectivity index (χ1n) is 7.36. The number of aryl methyl sites for hydroxylation is 1. The number of phenolic OH excluding ortho intramolecular Hbond substituents is 1. The summed E-state index contributed by atoms with van der Waals surface area (Å²) in [4.78, 5) is 0. The van der Waals surface area contributed by atoms with Crippen molar-refractivity contribution in [2.24, 2.45) is 0 Å². The first kappa shape index (κ1) is 15.4. The highest BCUT2D eigenvalue weighted by Gasteiger charge is 2.14. The zero-order chi connectivity index (χ0) is 15.6. The van der Waals surface area contributed by atoms with E-state index in [1.807, 2.05) is 37.3 Å². The third-order valence-electron chi connectivity index (χ3n) is 3.52. The Bertz CT molecular complexity index is 622. The van der Waals surface area contributed by atoms with E-state index in [0.717, 1.165) is 28.1 Å².